The van der Waals surface area contributed by atoms with Crippen molar-refractivity contribution in [2.75, 3.05) is 27.9 Å². The van der Waals surface area contributed by atoms with Crippen molar-refractivity contribution in [2.45, 2.75) is 32.9 Å². The molecule has 0 saturated heterocycles. The number of rotatable bonds is 11. The molecule has 2 rings (SSSR count). The van der Waals surface area contributed by atoms with Crippen LogP contribution < -0.4 is 24.3 Å². The lowest BCUT2D eigenvalue weighted by Gasteiger charge is -2.14. The maximum Gasteiger partial charge on any atom is 0.162 e. The molecule has 0 aliphatic carbocycles. The van der Waals surface area contributed by atoms with Gasteiger partial charge in [0.2, 0.25) is 0 Å². The maximum atomic E-state index is 6.34. The van der Waals surface area contributed by atoms with Crippen LogP contribution in [0.1, 0.15) is 30.9 Å². The van der Waals surface area contributed by atoms with Crippen LogP contribution in [0.4, 0.5) is 0 Å². The van der Waals surface area contributed by atoms with Gasteiger partial charge in [0.05, 0.1) is 27.9 Å². The number of hydrogen-bond donors (Lipinski definition) is 1. The van der Waals surface area contributed by atoms with Crippen LogP contribution in [-0.2, 0) is 13.1 Å². The topological polar surface area (TPSA) is 49.0 Å². The third kappa shape index (κ3) is 5.94. The Labute approximate surface area is 166 Å². The zero-order valence-electron chi connectivity index (χ0n) is 16.4. The predicted molar refractivity (Wildman–Crippen MR) is 108 cm³/mol. The molecule has 0 aliphatic heterocycles. The van der Waals surface area contributed by atoms with Gasteiger partial charge in [-0.3, -0.25) is 0 Å². The number of methoxy groups -OCH3 is 3. The van der Waals surface area contributed by atoms with Crippen LogP contribution >= 0.6 is 11.6 Å². The third-order valence-electron chi connectivity index (χ3n) is 4.18. The highest BCUT2D eigenvalue weighted by Gasteiger charge is 2.10. The molecule has 5 nitrogen and oxygen atoms in total. The van der Waals surface area contributed by atoms with Crippen molar-refractivity contribution in [3.05, 3.63) is 46.5 Å². The Bertz CT molecular complexity index is 736. The van der Waals surface area contributed by atoms with E-state index in [1.54, 1.807) is 27.4 Å². The van der Waals surface area contributed by atoms with E-state index in [-0.39, 0.29) is 0 Å². The molecule has 6 heteroatoms. The van der Waals surface area contributed by atoms with Gasteiger partial charge in [0.15, 0.2) is 23.0 Å². The SMILES string of the molecule is CCCCOc1ccc(CNCc2cc(OC)c(OC)cc2Cl)cc1OC. The minimum atomic E-state index is 0.607. The zero-order chi connectivity index (χ0) is 19.6. The summed E-state index contributed by atoms with van der Waals surface area (Å²) in [6.45, 7) is 4.12. The van der Waals surface area contributed by atoms with E-state index >= 15 is 0 Å². The Hall–Kier alpha value is -2.11. The van der Waals surface area contributed by atoms with Crippen molar-refractivity contribution in [3.8, 4) is 23.0 Å². The van der Waals surface area contributed by atoms with Crippen LogP contribution in [0, 0.1) is 0 Å². The lowest BCUT2D eigenvalue weighted by atomic mass is 10.1. The van der Waals surface area contributed by atoms with Crippen molar-refractivity contribution < 1.29 is 18.9 Å². The van der Waals surface area contributed by atoms with E-state index < -0.39 is 0 Å². The van der Waals surface area contributed by atoms with Crippen molar-refractivity contribution in [2.24, 2.45) is 0 Å². The molecular weight excluding hydrogens is 366 g/mol. The van der Waals surface area contributed by atoms with Gasteiger partial charge in [-0.15, -0.1) is 0 Å². The fraction of sp³-hybridized carbons (Fsp3) is 0.429. The summed E-state index contributed by atoms with van der Waals surface area (Å²) in [6, 6.07) is 9.63. The van der Waals surface area contributed by atoms with Crippen molar-refractivity contribution in [1.29, 1.82) is 0 Å². The quantitative estimate of drug-likeness (QED) is 0.554. The van der Waals surface area contributed by atoms with Crippen LogP contribution in [0.25, 0.3) is 0 Å². The average molecular weight is 394 g/mol. The van der Waals surface area contributed by atoms with Gasteiger partial charge >= 0.3 is 0 Å². The second kappa shape index (κ2) is 10.9. The highest BCUT2D eigenvalue weighted by molar-refractivity contribution is 6.31. The largest absolute Gasteiger partial charge is 0.493 e. The highest BCUT2D eigenvalue weighted by atomic mass is 35.5. The lowest BCUT2D eigenvalue weighted by molar-refractivity contribution is 0.288. The van der Waals surface area contributed by atoms with E-state index in [0.717, 1.165) is 35.5 Å². The third-order valence-corrected chi connectivity index (χ3v) is 4.53. The molecule has 0 bridgehead atoms. The standard InChI is InChI=1S/C21H28ClNO4/c1-5-6-9-27-18-8-7-15(10-19(18)24-2)13-23-14-16-11-20(25-3)21(26-4)12-17(16)22/h7-8,10-12,23H,5-6,9,13-14H2,1-4H3. The first-order chi connectivity index (χ1) is 13.1. The summed E-state index contributed by atoms with van der Waals surface area (Å²) in [5, 5.41) is 4.03. The molecular formula is C21H28ClNO4. The van der Waals surface area contributed by atoms with Gasteiger partial charge in [-0.05, 0) is 35.7 Å². The monoisotopic (exact) mass is 393 g/mol. The molecule has 27 heavy (non-hydrogen) atoms. The smallest absolute Gasteiger partial charge is 0.162 e. The summed E-state index contributed by atoms with van der Waals surface area (Å²) < 4.78 is 21.8. The summed E-state index contributed by atoms with van der Waals surface area (Å²) in [5.41, 5.74) is 2.05. The number of unbranched alkanes of at least 4 members (excludes halogenated alkanes) is 1. The van der Waals surface area contributed by atoms with E-state index in [2.05, 4.69) is 12.2 Å². The van der Waals surface area contributed by atoms with E-state index in [0.29, 0.717) is 36.2 Å². The first kappa shape index (κ1) is 21.2. The summed E-state index contributed by atoms with van der Waals surface area (Å²) in [6.07, 6.45) is 2.13. The Balaban J connectivity index is 1.99. The Morgan fingerprint density at radius 3 is 2.19 bits per heavy atom. The van der Waals surface area contributed by atoms with Crippen molar-refractivity contribution >= 4 is 11.6 Å². The van der Waals surface area contributed by atoms with Gasteiger partial charge < -0.3 is 24.3 Å². The average Bonchev–Trinajstić information content (AvgIpc) is 2.69. The molecule has 0 heterocycles. The molecule has 2 aromatic rings. The molecule has 0 saturated carbocycles. The summed E-state index contributed by atoms with van der Waals surface area (Å²) in [7, 11) is 4.86. The van der Waals surface area contributed by atoms with Crippen LogP contribution in [0.15, 0.2) is 30.3 Å². The molecule has 0 fully saturated rings. The first-order valence-electron chi connectivity index (χ1n) is 9.03. The molecule has 0 amide bonds. The first-order valence-corrected chi connectivity index (χ1v) is 9.41. The van der Waals surface area contributed by atoms with Gasteiger partial charge in [0.1, 0.15) is 0 Å². The van der Waals surface area contributed by atoms with Gasteiger partial charge in [-0.1, -0.05) is 31.0 Å². The minimum absolute atomic E-state index is 0.607. The summed E-state index contributed by atoms with van der Waals surface area (Å²) in [4.78, 5) is 0. The Kier molecular flexibility index (Phi) is 8.55. The molecule has 0 atom stereocenters. The van der Waals surface area contributed by atoms with Crippen molar-refractivity contribution in [3.63, 3.8) is 0 Å². The Morgan fingerprint density at radius 1 is 0.852 bits per heavy atom. The van der Waals surface area contributed by atoms with E-state index in [1.807, 2.05) is 24.3 Å². The van der Waals surface area contributed by atoms with Gasteiger partial charge in [-0.25, -0.2) is 0 Å². The molecule has 1 N–H and O–H groups in total. The lowest BCUT2D eigenvalue weighted by Crippen LogP contribution is -2.13. The molecule has 0 spiro atoms. The minimum Gasteiger partial charge on any atom is -0.493 e. The number of halogens is 1. The number of benzene rings is 2. The fourth-order valence-corrected chi connectivity index (χ4v) is 2.86. The van der Waals surface area contributed by atoms with Gasteiger partial charge in [-0.2, -0.15) is 0 Å². The van der Waals surface area contributed by atoms with E-state index in [1.165, 1.54) is 0 Å². The van der Waals surface area contributed by atoms with Crippen LogP contribution in [0.3, 0.4) is 0 Å². The van der Waals surface area contributed by atoms with E-state index in [4.69, 9.17) is 30.5 Å². The van der Waals surface area contributed by atoms with Crippen LogP contribution in [0.5, 0.6) is 23.0 Å². The van der Waals surface area contributed by atoms with Crippen molar-refractivity contribution in [1.82, 2.24) is 5.32 Å². The molecule has 0 aromatic heterocycles. The number of ether oxygens (including phenoxy) is 4. The summed E-state index contributed by atoms with van der Waals surface area (Å²) >= 11 is 6.34. The number of hydrogen-bond acceptors (Lipinski definition) is 5. The predicted octanol–water partition coefficient (Wildman–Crippen LogP) is 4.83. The second-order valence-electron chi connectivity index (χ2n) is 6.09. The van der Waals surface area contributed by atoms with Crippen LogP contribution in [0.2, 0.25) is 5.02 Å². The highest BCUT2D eigenvalue weighted by Crippen LogP contribution is 2.33. The van der Waals surface area contributed by atoms with Crippen LogP contribution in [-0.4, -0.2) is 27.9 Å². The zero-order valence-corrected chi connectivity index (χ0v) is 17.2. The summed E-state index contributed by atoms with van der Waals surface area (Å²) in [5.74, 6) is 2.80. The molecule has 0 unspecified atom stereocenters. The number of nitrogens with one attached hydrogen (secondary N) is 1. The second-order valence-corrected chi connectivity index (χ2v) is 6.50. The van der Waals surface area contributed by atoms with E-state index in [9.17, 15) is 0 Å². The fourth-order valence-electron chi connectivity index (χ4n) is 2.64. The van der Waals surface area contributed by atoms with Gasteiger partial charge in [0, 0.05) is 24.2 Å². The maximum absolute atomic E-state index is 6.34. The molecule has 0 radical (unpaired) electrons. The molecule has 2 aromatic carbocycles. The molecule has 0 aliphatic rings. The Morgan fingerprint density at radius 2 is 1.52 bits per heavy atom. The molecule has 148 valence electrons. The van der Waals surface area contributed by atoms with Gasteiger partial charge in [0.25, 0.3) is 0 Å². The normalized spacial score (nSPS) is 10.6.